The molecule has 3 aliphatic heterocycles. The van der Waals surface area contributed by atoms with E-state index in [0.717, 1.165) is 13.0 Å². The van der Waals surface area contributed by atoms with E-state index in [2.05, 4.69) is 29.1 Å². The Hall–Kier alpha value is -0.320. The lowest BCUT2D eigenvalue weighted by molar-refractivity contribution is -0.136. The first-order valence-electron chi connectivity index (χ1n) is 8.93. The van der Waals surface area contributed by atoms with Gasteiger partial charge in [0, 0.05) is 30.7 Å². The summed E-state index contributed by atoms with van der Waals surface area (Å²) in [6, 6.07) is 2.48. The van der Waals surface area contributed by atoms with Gasteiger partial charge in [0.25, 0.3) is 0 Å². The third kappa shape index (κ3) is 3.95. The standard InChI is InChI=1S/C17H31N3O.ClH/c1-3-15-6-4-5-9-20(15)17(21)12-19(2)16-10-13-7-8-14(11-16)18-13;/h13-16,18H,3-12H2,1-2H3;1H. The summed E-state index contributed by atoms with van der Waals surface area (Å²) in [6.45, 7) is 3.80. The Bertz CT molecular complexity index is 367. The van der Waals surface area contributed by atoms with Crippen LogP contribution < -0.4 is 5.32 Å². The molecule has 1 amide bonds. The van der Waals surface area contributed by atoms with Crippen molar-refractivity contribution in [2.24, 2.45) is 0 Å². The third-order valence-corrected chi connectivity index (χ3v) is 5.87. The Morgan fingerprint density at radius 1 is 1.18 bits per heavy atom. The molecule has 22 heavy (non-hydrogen) atoms. The number of carbonyl (C=O) groups excluding carboxylic acids is 1. The van der Waals surface area contributed by atoms with Crippen LogP contribution in [0.5, 0.6) is 0 Å². The summed E-state index contributed by atoms with van der Waals surface area (Å²) in [7, 11) is 2.15. The zero-order valence-corrected chi connectivity index (χ0v) is 14.9. The fraction of sp³-hybridized carbons (Fsp3) is 0.941. The molecule has 0 aromatic rings. The smallest absolute Gasteiger partial charge is 0.236 e. The second-order valence-electron chi connectivity index (χ2n) is 7.32. The molecule has 0 aromatic carbocycles. The zero-order valence-electron chi connectivity index (χ0n) is 14.1. The van der Waals surface area contributed by atoms with Gasteiger partial charge in [-0.3, -0.25) is 9.69 Å². The van der Waals surface area contributed by atoms with Crippen LogP contribution in [0.2, 0.25) is 0 Å². The Labute approximate surface area is 141 Å². The van der Waals surface area contributed by atoms with Gasteiger partial charge in [-0.25, -0.2) is 0 Å². The molecule has 3 atom stereocenters. The van der Waals surface area contributed by atoms with Crippen LogP contribution in [0.25, 0.3) is 0 Å². The highest BCUT2D eigenvalue weighted by molar-refractivity contribution is 5.85. The first-order chi connectivity index (χ1) is 10.2. The average Bonchev–Trinajstić information content (AvgIpc) is 2.85. The number of hydrogen-bond acceptors (Lipinski definition) is 3. The molecule has 0 spiro atoms. The summed E-state index contributed by atoms with van der Waals surface area (Å²) in [5.74, 6) is 0.356. The zero-order chi connectivity index (χ0) is 14.8. The summed E-state index contributed by atoms with van der Waals surface area (Å²) < 4.78 is 0. The minimum absolute atomic E-state index is 0. The van der Waals surface area contributed by atoms with Gasteiger partial charge in [0.2, 0.25) is 5.91 Å². The number of likely N-dealkylation sites (N-methyl/N-ethyl adjacent to an activating group) is 1. The van der Waals surface area contributed by atoms with Crippen molar-refractivity contribution in [3.63, 3.8) is 0 Å². The fourth-order valence-electron chi connectivity index (χ4n) is 4.57. The molecule has 0 aliphatic carbocycles. The van der Waals surface area contributed by atoms with Gasteiger partial charge in [0.05, 0.1) is 6.54 Å². The van der Waals surface area contributed by atoms with Gasteiger partial charge >= 0.3 is 0 Å². The SMILES string of the molecule is CCC1CCCCN1C(=O)CN(C)C1CC2CCC(C1)N2.Cl. The van der Waals surface area contributed by atoms with E-state index in [0.29, 0.717) is 36.6 Å². The lowest BCUT2D eigenvalue weighted by Crippen LogP contribution is -2.52. The van der Waals surface area contributed by atoms with E-state index >= 15 is 0 Å². The number of amides is 1. The Balaban J connectivity index is 0.00000176. The van der Waals surface area contributed by atoms with E-state index in [1.165, 1.54) is 44.9 Å². The molecule has 3 unspecified atom stereocenters. The van der Waals surface area contributed by atoms with Crippen molar-refractivity contribution in [1.29, 1.82) is 0 Å². The van der Waals surface area contributed by atoms with E-state index in [1.807, 2.05) is 0 Å². The van der Waals surface area contributed by atoms with Crippen molar-refractivity contribution < 1.29 is 4.79 Å². The summed E-state index contributed by atoms with van der Waals surface area (Å²) >= 11 is 0. The topological polar surface area (TPSA) is 35.6 Å². The summed E-state index contributed by atoms with van der Waals surface area (Å²) in [6.07, 6.45) is 9.87. The third-order valence-electron chi connectivity index (χ3n) is 5.87. The maximum Gasteiger partial charge on any atom is 0.236 e. The first-order valence-corrected chi connectivity index (χ1v) is 8.93. The maximum atomic E-state index is 12.7. The van der Waals surface area contributed by atoms with Gasteiger partial charge < -0.3 is 10.2 Å². The van der Waals surface area contributed by atoms with Crippen LogP contribution in [0.4, 0.5) is 0 Å². The van der Waals surface area contributed by atoms with Gasteiger partial charge in [-0.1, -0.05) is 6.92 Å². The van der Waals surface area contributed by atoms with Crippen LogP contribution >= 0.6 is 12.4 Å². The second-order valence-corrected chi connectivity index (χ2v) is 7.32. The van der Waals surface area contributed by atoms with Gasteiger partial charge in [-0.15, -0.1) is 12.4 Å². The van der Waals surface area contributed by atoms with Gasteiger partial charge in [-0.2, -0.15) is 0 Å². The average molecular weight is 330 g/mol. The number of nitrogens with zero attached hydrogens (tertiary/aromatic N) is 2. The molecule has 0 radical (unpaired) electrons. The second kappa shape index (κ2) is 7.98. The van der Waals surface area contributed by atoms with E-state index < -0.39 is 0 Å². The van der Waals surface area contributed by atoms with Crippen LogP contribution in [-0.2, 0) is 4.79 Å². The van der Waals surface area contributed by atoms with Crippen LogP contribution in [-0.4, -0.2) is 60.0 Å². The molecule has 1 N–H and O–H groups in total. The van der Waals surface area contributed by atoms with Crippen molar-refractivity contribution in [2.45, 2.75) is 82.5 Å². The van der Waals surface area contributed by atoms with Crippen LogP contribution in [0.15, 0.2) is 0 Å². The van der Waals surface area contributed by atoms with Crippen molar-refractivity contribution >= 4 is 18.3 Å². The highest BCUT2D eigenvalue weighted by atomic mass is 35.5. The molecule has 0 saturated carbocycles. The Morgan fingerprint density at radius 3 is 2.50 bits per heavy atom. The summed E-state index contributed by atoms with van der Waals surface area (Å²) in [5.41, 5.74) is 0. The number of likely N-dealkylation sites (tertiary alicyclic amines) is 1. The van der Waals surface area contributed by atoms with Crippen molar-refractivity contribution in [1.82, 2.24) is 15.1 Å². The van der Waals surface area contributed by atoms with E-state index in [1.54, 1.807) is 0 Å². The molecule has 2 bridgehead atoms. The van der Waals surface area contributed by atoms with Crippen molar-refractivity contribution in [3.05, 3.63) is 0 Å². The van der Waals surface area contributed by atoms with Gasteiger partial charge in [-0.05, 0) is 58.4 Å². The Kier molecular flexibility index (Phi) is 6.54. The molecule has 0 aromatic heterocycles. The van der Waals surface area contributed by atoms with Gasteiger partial charge in [0.15, 0.2) is 0 Å². The Morgan fingerprint density at radius 2 is 1.86 bits per heavy atom. The molecular weight excluding hydrogens is 298 g/mol. The number of carbonyl (C=O) groups is 1. The largest absolute Gasteiger partial charge is 0.339 e. The molecule has 4 nitrogen and oxygen atoms in total. The molecule has 128 valence electrons. The lowest BCUT2D eigenvalue weighted by Gasteiger charge is -2.39. The van der Waals surface area contributed by atoms with Crippen molar-refractivity contribution in [2.75, 3.05) is 20.1 Å². The normalized spacial score (nSPS) is 34.6. The fourth-order valence-corrected chi connectivity index (χ4v) is 4.57. The summed E-state index contributed by atoms with van der Waals surface area (Å²) in [4.78, 5) is 17.2. The number of halogens is 1. The lowest BCUT2D eigenvalue weighted by atomic mass is 9.98. The number of piperidine rings is 2. The number of hydrogen-bond donors (Lipinski definition) is 1. The first kappa shape index (κ1) is 18.0. The van der Waals surface area contributed by atoms with E-state index in [-0.39, 0.29) is 12.4 Å². The number of nitrogens with one attached hydrogen (secondary N) is 1. The van der Waals surface area contributed by atoms with Crippen molar-refractivity contribution in [3.8, 4) is 0 Å². The maximum absolute atomic E-state index is 12.7. The quantitative estimate of drug-likeness (QED) is 0.860. The van der Waals surface area contributed by atoms with E-state index in [9.17, 15) is 4.79 Å². The minimum Gasteiger partial charge on any atom is -0.339 e. The number of rotatable bonds is 4. The van der Waals surface area contributed by atoms with Crippen LogP contribution in [0.3, 0.4) is 0 Å². The van der Waals surface area contributed by atoms with Crippen LogP contribution in [0, 0.1) is 0 Å². The van der Waals surface area contributed by atoms with E-state index in [4.69, 9.17) is 0 Å². The summed E-state index contributed by atoms with van der Waals surface area (Å²) in [5, 5.41) is 3.69. The molecule has 3 aliphatic rings. The molecule has 5 heteroatoms. The highest BCUT2D eigenvalue weighted by Gasteiger charge is 2.36. The highest BCUT2D eigenvalue weighted by Crippen LogP contribution is 2.29. The molecule has 3 fully saturated rings. The minimum atomic E-state index is 0. The number of fused-ring (bicyclic) bond motifs is 2. The van der Waals surface area contributed by atoms with Crippen LogP contribution in [0.1, 0.15) is 58.3 Å². The molecular formula is C17H32ClN3O. The predicted molar refractivity (Wildman–Crippen MR) is 92.5 cm³/mol. The monoisotopic (exact) mass is 329 g/mol. The predicted octanol–water partition coefficient (Wildman–Crippen LogP) is 2.41. The molecule has 3 saturated heterocycles. The molecule has 3 heterocycles. The van der Waals surface area contributed by atoms with Gasteiger partial charge in [0.1, 0.15) is 0 Å². The molecule has 3 rings (SSSR count).